The van der Waals surface area contributed by atoms with Gasteiger partial charge in [-0.1, -0.05) is 6.58 Å². The third-order valence-corrected chi connectivity index (χ3v) is 1.21. The van der Waals surface area contributed by atoms with E-state index >= 15 is 0 Å². The highest BCUT2D eigenvalue weighted by molar-refractivity contribution is 5.72. The van der Waals surface area contributed by atoms with E-state index in [1.54, 1.807) is 6.34 Å². The van der Waals surface area contributed by atoms with Crippen LogP contribution in [0.15, 0.2) is 17.4 Å². The average molecular weight is 139 g/mol. The monoisotopic (exact) mass is 139 g/mol. The Hall–Kier alpha value is -1.32. The van der Waals surface area contributed by atoms with Crippen LogP contribution in [0.4, 0.5) is 0 Å². The number of nitrogens with zero attached hydrogens (tertiary/aromatic N) is 3. The summed E-state index contributed by atoms with van der Waals surface area (Å²) in [7, 11) is 1.88. The smallest absolute Gasteiger partial charge is 0.167 e. The molecule has 4 heteroatoms. The van der Waals surface area contributed by atoms with E-state index in [1.165, 1.54) is 5.01 Å². The molecular weight excluding hydrogens is 130 g/mol. The molecule has 0 atom stereocenters. The van der Waals surface area contributed by atoms with E-state index < -0.39 is 0 Å². The Bertz CT molecular complexity index is 187. The van der Waals surface area contributed by atoms with Gasteiger partial charge in [-0.2, -0.15) is 5.10 Å². The largest absolute Gasteiger partial charge is 0.345 e. The zero-order valence-electron chi connectivity index (χ0n) is 5.82. The molecule has 0 radical (unpaired) electrons. The highest BCUT2D eigenvalue weighted by Gasteiger charge is 2.11. The van der Waals surface area contributed by atoms with Crippen molar-refractivity contribution in [2.75, 3.05) is 13.7 Å². The number of hydrogen-bond acceptors (Lipinski definition) is 4. The maximum atomic E-state index is 10.2. The predicted octanol–water partition coefficient (Wildman–Crippen LogP) is -0.153. The summed E-state index contributed by atoms with van der Waals surface area (Å²) in [4.78, 5) is 12.0. The van der Waals surface area contributed by atoms with Crippen LogP contribution in [-0.2, 0) is 4.79 Å². The Morgan fingerprint density at radius 1 is 1.90 bits per heavy atom. The third kappa shape index (κ3) is 1.15. The fraction of sp³-hybridized carbons (Fsp3) is 0.333. The molecule has 1 rings (SSSR count). The van der Waals surface area contributed by atoms with Gasteiger partial charge < -0.3 is 4.90 Å². The summed E-state index contributed by atoms with van der Waals surface area (Å²) in [5, 5.41) is 5.43. The van der Waals surface area contributed by atoms with Gasteiger partial charge in [-0.15, -0.1) is 0 Å². The van der Waals surface area contributed by atoms with Crippen LogP contribution in [-0.4, -0.2) is 36.2 Å². The molecule has 10 heavy (non-hydrogen) atoms. The first-order valence-corrected chi connectivity index (χ1v) is 2.90. The van der Waals surface area contributed by atoms with Crippen molar-refractivity contribution in [2.24, 2.45) is 5.10 Å². The molecule has 0 spiro atoms. The Balaban J connectivity index is 2.54. The first-order valence-electron chi connectivity index (χ1n) is 2.90. The minimum absolute atomic E-state index is 0.389. The van der Waals surface area contributed by atoms with Crippen molar-refractivity contribution >= 4 is 12.6 Å². The van der Waals surface area contributed by atoms with Gasteiger partial charge >= 0.3 is 0 Å². The Morgan fingerprint density at radius 2 is 2.60 bits per heavy atom. The number of aldehydes is 1. The van der Waals surface area contributed by atoms with Crippen LogP contribution < -0.4 is 0 Å². The summed E-state index contributed by atoms with van der Waals surface area (Å²) >= 11 is 0. The molecule has 0 aromatic heterocycles. The molecule has 0 saturated heterocycles. The highest BCUT2D eigenvalue weighted by Crippen LogP contribution is 2.04. The normalized spacial score (nSPS) is 16.1. The number of hydrazone groups is 1. The van der Waals surface area contributed by atoms with Crippen LogP contribution in [0.3, 0.4) is 0 Å². The first kappa shape index (κ1) is 6.80. The molecule has 0 fully saturated rings. The molecule has 0 amide bonds. The summed E-state index contributed by atoms with van der Waals surface area (Å²) in [6.45, 7) is 4.12. The van der Waals surface area contributed by atoms with Gasteiger partial charge in [-0.25, -0.2) is 5.01 Å². The maximum absolute atomic E-state index is 10.2. The number of carbonyl (C=O) groups excluding carboxylic acids is 1. The summed E-state index contributed by atoms with van der Waals surface area (Å²) in [6.07, 6.45) is 2.34. The van der Waals surface area contributed by atoms with E-state index in [-0.39, 0.29) is 0 Å². The Morgan fingerprint density at radius 3 is 3.00 bits per heavy atom. The van der Waals surface area contributed by atoms with Crippen LogP contribution >= 0.6 is 0 Å². The van der Waals surface area contributed by atoms with Crippen LogP contribution in [0, 0.1) is 0 Å². The first-order chi connectivity index (χ1) is 4.74. The highest BCUT2D eigenvalue weighted by atomic mass is 16.1. The molecule has 0 aromatic rings. The molecular formula is C6H9N3O. The zero-order valence-corrected chi connectivity index (χ0v) is 5.82. The molecule has 0 N–H and O–H groups in total. The number of rotatable bonds is 2. The topological polar surface area (TPSA) is 35.9 Å². The van der Waals surface area contributed by atoms with Gasteiger partial charge in [0.1, 0.15) is 13.0 Å². The lowest BCUT2D eigenvalue weighted by Crippen LogP contribution is -2.22. The van der Waals surface area contributed by atoms with E-state index in [0.29, 0.717) is 18.7 Å². The lowest BCUT2D eigenvalue weighted by atomic mass is 10.5. The van der Waals surface area contributed by atoms with Crippen LogP contribution in [0.25, 0.3) is 0 Å². The molecule has 0 aliphatic carbocycles. The second-order valence-corrected chi connectivity index (χ2v) is 2.14. The molecule has 0 bridgehead atoms. The minimum atomic E-state index is 0.389. The average Bonchev–Trinajstić information content (AvgIpc) is 2.34. The number of carbonyl (C=O) groups is 1. The van der Waals surface area contributed by atoms with Gasteiger partial charge in [-0.3, -0.25) is 4.79 Å². The Kier molecular flexibility index (Phi) is 1.71. The van der Waals surface area contributed by atoms with Crippen molar-refractivity contribution in [2.45, 2.75) is 0 Å². The van der Waals surface area contributed by atoms with Crippen LogP contribution in [0.2, 0.25) is 0 Å². The van der Waals surface area contributed by atoms with Crippen LogP contribution in [0.1, 0.15) is 0 Å². The number of hydrogen-bond donors (Lipinski definition) is 0. The molecule has 54 valence electrons. The van der Waals surface area contributed by atoms with Crippen molar-refractivity contribution < 1.29 is 4.79 Å². The van der Waals surface area contributed by atoms with E-state index in [9.17, 15) is 4.79 Å². The standard InChI is InChI=1S/C6H9N3O/c1-6(3-10)9-5-8(2)4-7-9/h3-4H,1,5H2,2H3. The van der Waals surface area contributed by atoms with Gasteiger partial charge in [0.15, 0.2) is 6.29 Å². The summed E-state index contributed by atoms with van der Waals surface area (Å²) < 4.78 is 0. The van der Waals surface area contributed by atoms with Crippen LogP contribution in [0.5, 0.6) is 0 Å². The molecule has 1 heterocycles. The molecule has 0 unspecified atom stereocenters. The molecule has 1 aliphatic heterocycles. The summed E-state index contributed by atoms with van der Waals surface area (Å²) in [6, 6.07) is 0. The predicted molar refractivity (Wildman–Crippen MR) is 38.2 cm³/mol. The molecule has 0 saturated carbocycles. The van der Waals surface area contributed by atoms with Crippen molar-refractivity contribution in [1.29, 1.82) is 0 Å². The minimum Gasteiger partial charge on any atom is -0.345 e. The second kappa shape index (κ2) is 2.51. The van der Waals surface area contributed by atoms with E-state index in [1.807, 2.05) is 11.9 Å². The zero-order chi connectivity index (χ0) is 7.56. The van der Waals surface area contributed by atoms with E-state index in [0.717, 1.165) is 0 Å². The SMILES string of the molecule is C=C(C=O)N1CN(C)C=N1. The quantitative estimate of drug-likeness (QED) is 0.394. The lowest BCUT2D eigenvalue weighted by Gasteiger charge is -2.13. The molecule has 1 aliphatic rings. The van der Waals surface area contributed by atoms with E-state index in [4.69, 9.17) is 0 Å². The van der Waals surface area contributed by atoms with Gasteiger partial charge in [0, 0.05) is 7.05 Å². The van der Waals surface area contributed by atoms with Gasteiger partial charge in [0.25, 0.3) is 0 Å². The van der Waals surface area contributed by atoms with Gasteiger partial charge in [0.2, 0.25) is 0 Å². The van der Waals surface area contributed by atoms with Crippen molar-refractivity contribution in [3.63, 3.8) is 0 Å². The number of allylic oxidation sites excluding steroid dienone is 1. The van der Waals surface area contributed by atoms with Crippen molar-refractivity contribution in [3.8, 4) is 0 Å². The fourth-order valence-electron chi connectivity index (χ4n) is 0.661. The fourth-order valence-corrected chi connectivity index (χ4v) is 0.661. The summed E-state index contributed by atoms with van der Waals surface area (Å²) in [5.74, 6) is 0. The van der Waals surface area contributed by atoms with Crippen molar-refractivity contribution in [1.82, 2.24) is 9.91 Å². The molecule has 4 nitrogen and oxygen atoms in total. The third-order valence-electron chi connectivity index (χ3n) is 1.21. The second-order valence-electron chi connectivity index (χ2n) is 2.14. The lowest BCUT2D eigenvalue weighted by molar-refractivity contribution is -0.106. The van der Waals surface area contributed by atoms with Gasteiger partial charge in [-0.05, 0) is 0 Å². The molecule has 0 aromatic carbocycles. The maximum Gasteiger partial charge on any atom is 0.167 e. The Labute approximate surface area is 59.4 Å². The van der Waals surface area contributed by atoms with Crippen molar-refractivity contribution in [3.05, 3.63) is 12.3 Å². The van der Waals surface area contributed by atoms with Gasteiger partial charge in [0.05, 0.1) is 5.70 Å². The summed E-state index contributed by atoms with van der Waals surface area (Å²) in [5.41, 5.74) is 0.389. The van der Waals surface area contributed by atoms with E-state index in [2.05, 4.69) is 11.7 Å².